The molecule has 19 heavy (non-hydrogen) atoms. The summed E-state index contributed by atoms with van der Waals surface area (Å²) in [5.74, 6) is 0.147. The maximum absolute atomic E-state index is 11.7. The van der Waals surface area contributed by atoms with Crippen LogP contribution in [0.1, 0.15) is 10.4 Å². The number of carbonyl (C=O) groups is 1. The van der Waals surface area contributed by atoms with E-state index in [1.807, 2.05) is 19.2 Å². The van der Waals surface area contributed by atoms with E-state index in [9.17, 15) is 4.79 Å². The van der Waals surface area contributed by atoms with Gasteiger partial charge in [0.05, 0.1) is 12.1 Å². The third kappa shape index (κ3) is 2.15. The molecule has 0 saturated heterocycles. The van der Waals surface area contributed by atoms with Crippen LogP contribution in [0.5, 0.6) is 0 Å². The van der Waals surface area contributed by atoms with E-state index in [-0.39, 0.29) is 5.91 Å². The van der Waals surface area contributed by atoms with Crippen molar-refractivity contribution in [3.05, 3.63) is 34.7 Å². The Balaban J connectivity index is 1.94. The smallest absolute Gasteiger partial charge is 0.231 e. The van der Waals surface area contributed by atoms with Gasteiger partial charge in [0.25, 0.3) is 0 Å². The fourth-order valence-corrected chi connectivity index (χ4v) is 3.09. The van der Waals surface area contributed by atoms with Gasteiger partial charge in [0.2, 0.25) is 5.91 Å². The lowest BCUT2D eigenvalue weighted by Crippen LogP contribution is -2.20. The Morgan fingerprint density at radius 2 is 2.26 bits per heavy atom. The summed E-state index contributed by atoms with van der Waals surface area (Å²) in [6.45, 7) is 0.644. The van der Waals surface area contributed by atoms with Crippen molar-refractivity contribution in [3.8, 4) is 11.3 Å². The lowest BCUT2D eigenvalue weighted by Gasteiger charge is -2.09. The van der Waals surface area contributed by atoms with Gasteiger partial charge in [-0.05, 0) is 48.3 Å². The number of hydrogen-bond acceptors (Lipinski definition) is 4. The van der Waals surface area contributed by atoms with Crippen LogP contribution in [0.15, 0.2) is 24.3 Å². The number of hydrogen-bond donors (Lipinski definition) is 1. The van der Waals surface area contributed by atoms with Gasteiger partial charge in [0.1, 0.15) is 0 Å². The Hall–Kier alpha value is -1.72. The number of nitrogens with zero attached hydrogens (tertiary/aromatic N) is 2. The van der Waals surface area contributed by atoms with Crippen molar-refractivity contribution in [2.24, 2.45) is 5.73 Å². The molecule has 1 aromatic carbocycles. The van der Waals surface area contributed by atoms with Crippen LogP contribution in [0.2, 0.25) is 0 Å². The molecule has 2 aromatic rings. The second-order valence-electron chi connectivity index (χ2n) is 4.69. The number of nitrogens with two attached hydrogens (primary N) is 1. The topological polar surface area (TPSA) is 59.2 Å². The van der Waals surface area contributed by atoms with E-state index in [1.165, 1.54) is 16.4 Å². The van der Waals surface area contributed by atoms with Crippen molar-refractivity contribution >= 4 is 23.1 Å². The van der Waals surface area contributed by atoms with Crippen molar-refractivity contribution in [3.63, 3.8) is 0 Å². The molecule has 4 nitrogen and oxygen atoms in total. The first-order valence-corrected chi connectivity index (χ1v) is 7.02. The number of carbonyl (C=O) groups excluding carboxylic acids is 1. The quantitative estimate of drug-likeness (QED) is 0.928. The summed E-state index contributed by atoms with van der Waals surface area (Å²) >= 11 is 1.50. The minimum Gasteiger partial charge on any atom is -0.330 e. The van der Waals surface area contributed by atoms with Crippen molar-refractivity contribution < 1.29 is 4.79 Å². The minimum atomic E-state index is 0.147. The first-order valence-electron chi connectivity index (χ1n) is 6.24. The number of anilines is 1. The summed E-state index contributed by atoms with van der Waals surface area (Å²) in [4.78, 5) is 14.6. The first kappa shape index (κ1) is 12.3. The monoisotopic (exact) mass is 273 g/mol. The van der Waals surface area contributed by atoms with Crippen molar-refractivity contribution in [2.75, 3.05) is 18.5 Å². The molecule has 0 aliphatic carbocycles. The molecule has 1 aromatic heterocycles. The summed E-state index contributed by atoms with van der Waals surface area (Å²) in [6, 6.07) is 8.17. The van der Waals surface area contributed by atoms with E-state index < -0.39 is 0 Å². The normalized spacial score (nSPS) is 14.0. The average Bonchev–Trinajstić information content (AvgIpc) is 2.96. The van der Waals surface area contributed by atoms with Gasteiger partial charge in [0, 0.05) is 23.2 Å². The summed E-state index contributed by atoms with van der Waals surface area (Å²) in [6.07, 6.45) is 1.35. The number of rotatable bonds is 3. The summed E-state index contributed by atoms with van der Waals surface area (Å²) in [5, 5.41) is 0. The van der Waals surface area contributed by atoms with E-state index >= 15 is 0 Å². The Morgan fingerprint density at radius 1 is 1.42 bits per heavy atom. The van der Waals surface area contributed by atoms with Gasteiger partial charge in [-0.1, -0.05) is 6.07 Å². The largest absolute Gasteiger partial charge is 0.330 e. The number of fused-ring (bicyclic) bond motifs is 1. The lowest BCUT2D eigenvalue weighted by atomic mass is 10.1. The molecule has 0 atom stereocenters. The fraction of sp³-hybridized carbons (Fsp3) is 0.286. The summed E-state index contributed by atoms with van der Waals surface area (Å²) < 4.78 is 4.46. The molecule has 1 amide bonds. The van der Waals surface area contributed by atoms with E-state index in [1.54, 1.807) is 4.90 Å². The molecule has 0 fully saturated rings. The van der Waals surface area contributed by atoms with E-state index in [0.29, 0.717) is 13.0 Å². The number of amides is 1. The molecular formula is C14H15N3OS. The number of aromatic nitrogens is 1. The Morgan fingerprint density at radius 3 is 3.05 bits per heavy atom. The zero-order valence-corrected chi connectivity index (χ0v) is 11.5. The van der Waals surface area contributed by atoms with E-state index in [0.717, 1.165) is 28.9 Å². The highest BCUT2D eigenvalue weighted by molar-refractivity contribution is 7.06. The predicted octanol–water partition coefficient (Wildman–Crippen LogP) is 1.83. The summed E-state index contributed by atoms with van der Waals surface area (Å²) in [7, 11) is 1.82. The van der Waals surface area contributed by atoms with Gasteiger partial charge in [-0.2, -0.15) is 4.37 Å². The zero-order chi connectivity index (χ0) is 13.4. The van der Waals surface area contributed by atoms with Gasteiger partial charge >= 0.3 is 0 Å². The van der Waals surface area contributed by atoms with Crippen molar-refractivity contribution in [2.45, 2.75) is 12.8 Å². The maximum Gasteiger partial charge on any atom is 0.231 e. The fourth-order valence-electron chi connectivity index (χ4n) is 2.34. The summed E-state index contributed by atoms with van der Waals surface area (Å²) in [5.41, 5.74) is 9.68. The van der Waals surface area contributed by atoms with Crippen LogP contribution in [0.25, 0.3) is 11.3 Å². The Bertz CT molecular complexity index is 635. The number of benzene rings is 1. The Kier molecular flexibility index (Phi) is 3.08. The third-order valence-electron chi connectivity index (χ3n) is 3.40. The predicted molar refractivity (Wildman–Crippen MR) is 77.4 cm³/mol. The average molecular weight is 273 g/mol. The number of likely N-dealkylation sites (N-methyl/N-ethyl adjacent to an activating group) is 1. The highest BCUT2D eigenvalue weighted by atomic mass is 32.1. The highest BCUT2D eigenvalue weighted by Crippen LogP contribution is 2.32. The van der Waals surface area contributed by atoms with Gasteiger partial charge in [-0.3, -0.25) is 4.79 Å². The van der Waals surface area contributed by atoms with E-state index in [4.69, 9.17) is 5.73 Å². The molecule has 1 aliphatic heterocycles. The molecule has 0 spiro atoms. The highest BCUT2D eigenvalue weighted by Gasteiger charge is 2.24. The second kappa shape index (κ2) is 4.75. The van der Waals surface area contributed by atoms with Crippen LogP contribution in [-0.4, -0.2) is 23.9 Å². The van der Waals surface area contributed by atoms with Crippen LogP contribution in [0, 0.1) is 0 Å². The molecular weight excluding hydrogens is 258 g/mol. The van der Waals surface area contributed by atoms with Crippen LogP contribution < -0.4 is 10.6 Å². The molecule has 98 valence electrons. The molecule has 0 radical (unpaired) electrons. The Labute approximate surface area is 116 Å². The van der Waals surface area contributed by atoms with Crippen LogP contribution in [0.4, 0.5) is 5.69 Å². The molecule has 0 saturated carbocycles. The lowest BCUT2D eigenvalue weighted by molar-refractivity contribution is -0.117. The molecule has 0 bridgehead atoms. The van der Waals surface area contributed by atoms with Crippen LogP contribution >= 0.6 is 11.5 Å². The molecule has 2 heterocycles. The van der Waals surface area contributed by atoms with Crippen molar-refractivity contribution in [1.29, 1.82) is 0 Å². The van der Waals surface area contributed by atoms with Crippen molar-refractivity contribution in [1.82, 2.24) is 4.37 Å². The minimum absolute atomic E-state index is 0.147. The molecule has 5 heteroatoms. The van der Waals surface area contributed by atoms with Gasteiger partial charge in [-0.25, -0.2) is 0 Å². The maximum atomic E-state index is 11.7. The van der Waals surface area contributed by atoms with Gasteiger partial charge in [0.15, 0.2) is 0 Å². The standard InChI is InChI=1S/C14H15N3OS/c1-17-13-3-2-9(6-10(13)7-14(17)18)12-8-11(4-5-15)19-16-12/h2-3,6,8H,4-5,7,15H2,1H3. The van der Waals surface area contributed by atoms with Gasteiger partial charge in [-0.15, -0.1) is 0 Å². The van der Waals surface area contributed by atoms with Gasteiger partial charge < -0.3 is 10.6 Å². The van der Waals surface area contributed by atoms with Crippen LogP contribution in [-0.2, 0) is 17.6 Å². The molecule has 1 aliphatic rings. The second-order valence-corrected chi connectivity index (χ2v) is 5.58. The molecule has 2 N–H and O–H groups in total. The molecule has 0 unspecified atom stereocenters. The SMILES string of the molecule is CN1C(=O)Cc2cc(-c3cc(CCN)sn3)ccc21. The van der Waals surface area contributed by atoms with E-state index in [2.05, 4.69) is 16.5 Å². The zero-order valence-electron chi connectivity index (χ0n) is 10.7. The first-order chi connectivity index (χ1) is 9.19. The van der Waals surface area contributed by atoms with Crippen LogP contribution in [0.3, 0.4) is 0 Å². The third-order valence-corrected chi connectivity index (χ3v) is 4.25. The molecule has 3 rings (SSSR count).